The van der Waals surface area contributed by atoms with Crippen LogP contribution in [0.3, 0.4) is 0 Å². The number of carbonyl (C=O) groups excluding carboxylic acids is 1. The molecule has 1 aromatic heterocycles. The first-order valence-electron chi connectivity index (χ1n) is 8.06. The summed E-state index contributed by atoms with van der Waals surface area (Å²) in [7, 11) is 0. The van der Waals surface area contributed by atoms with Crippen LogP contribution in [0, 0.1) is 0 Å². The molecule has 0 spiro atoms. The maximum absolute atomic E-state index is 13.4. The minimum Gasteiger partial charge on any atom is -0.464 e. The van der Waals surface area contributed by atoms with Gasteiger partial charge in [-0.15, -0.1) is 0 Å². The quantitative estimate of drug-likeness (QED) is 0.567. The molecule has 0 aliphatic carbocycles. The highest BCUT2D eigenvalue weighted by molar-refractivity contribution is 6.06. The highest BCUT2D eigenvalue weighted by atomic mass is 19.4. The molecule has 3 aromatic rings. The van der Waals surface area contributed by atoms with Crippen LogP contribution in [0.4, 0.5) is 13.2 Å². The van der Waals surface area contributed by atoms with Crippen LogP contribution < -0.4 is 5.73 Å². The summed E-state index contributed by atoms with van der Waals surface area (Å²) in [5.74, 6) is -1.51. The number of rotatable bonds is 4. The van der Waals surface area contributed by atoms with Crippen molar-refractivity contribution in [1.82, 2.24) is 4.98 Å². The zero-order valence-corrected chi connectivity index (χ0v) is 14.0. The van der Waals surface area contributed by atoms with Crippen molar-refractivity contribution in [1.29, 1.82) is 0 Å². The van der Waals surface area contributed by atoms with E-state index in [9.17, 15) is 18.0 Å². The number of pyridine rings is 1. The molecule has 0 fully saturated rings. The molecule has 7 heteroatoms. The summed E-state index contributed by atoms with van der Waals surface area (Å²) in [5, 5.41) is 2.77. The molecular formula is C19H17F3N2O2. The van der Waals surface area contributed by atoms with Crippen LogP contribution >= 0.6 is 0 Å². The smallest absolute Gasteiger partial charge is 0.417 e. The first-order valence-corrected chi connectivity index (χ1v) is 8.06. The van der Waals surface area contributed by atoms with Crippen molar-refractivity contribution in [2.45, 2.75) is 25.1 Å². The van der Waals surface area contributed by atoms with Crippen LogP contribution in [0.1, 0.15) is 12.6 Å². The monoisotopic (exact) mass is 362 g/mol. The van der Waals surface area contributed by atoms with Gasteiger partial charge in [0.15, 0.2) is 0 Å². The molecule has 26 heavy (non-hydrogen) atoms. The van der Waals surface area contributed by atoms with Crippen molar-refractivity contribution in [3.8, 4) is 0 Å². The Morgan fingerprint density at radius 3 is 2.50 bits per heavy atom. The molecule has 0 aliphatic rings. The second-order valence-corrected chi connectivity index (χ2v) is 6.02. The summed E-state index contributed by atoms with van der Waals surface area (Å²) in [5.41, 5.74) is 2.90. The lowest BCUT2D eigenvalue weighted by Gasteiger charge is -2.29. The maximum Gasteiger partial charge on any atom is 0.417 e. The number of ether oxygens (including phenoxy) is 1. The second kappa shape index (κ2) is 6.57. The number of carbonyl (C=O) groups is 1. The number of nitrogens with two attached hydrogens (primary N) is 1. The van der Waals surface area contributed by atoms with Gasteiger partial charge in [-0.1, -0.05) is 36.4 Å². The Bertz CT molecular complexity index is 972. The minimum absolute atomic E-state index is 0.0701. The van der Waals surface area contributed by atoms with E-state index in [1.165, 1.54) is 13.0 Å². The Morgan fingerprint density at radius 1 is 1.08 bits per heavy atom. The predicted octanol–water partition coefficient (Wildman–Crippen LogP) is 3.75. The lowest BCUT2D eigenvalue weighted by atomic mass is 9.93. The predicted molar refractivity (Wildman–Crippen MR) is 92.6 cm³/mol. The summed E-state index contributed by atoms with van der Waals surface area (Å²) in [4.78, 5) is 16.1. The molecule has 0 amide bonds. The Balaban J connectivity index is 2.04. The lowest BCUT2D eigenvalue weighted by molar-refractivity contribution is -0.205. The molecule has 2 N–H and O–H groups in total. The van der Waals surface area contributed by atoms with E-state index in [4.69, 9.17) is 5.73 Å². The molecule has 2 aromatic carbocycles. The minimum atomic E-state index is -4.96. The van der Waals surface area contributed by atoms with E-state index in [0.717, 1.165) is 16.2 Å². The lowest BCUT2D eigenvalue weighted by Crippen LogP contribution is -2.61. The van der Waals surface area contributed by atoms with Gasteiger partial charge in [-0.05, 0) is 29.8 Å². The SMILES string of the molecule is CCOC(=O)[C@@](N)(Cc1ccc2c(ccc3ccccc32)n1)C(F)(F)F. The first kappa shape index (κ1) is 18.1. The number of halogens is 3. The van der Waals surface area contributed by atoms with Gasteiger partial charge in [0.25, 0.3) is 0 Å². The number of alkyl halides is 3. The summed E-state index contributed by atoms with van der Waals surface area (Å²) < 4.78 is 44.8. The van der Waals surface area contributed by atoms with Crippen molar-refractivity contribution in [2.75, 3.05) is 6.61 Å². The molecule has 136 valence electrons. The van der Waals surface area contributed by atoms with Crippen molar-refractivity contribution >= 4 is 27.6 Å². The third kappa shape index (κ3) is 3.10. The topological polar surface area (TPSA) is 65.2 Å². The van der Waals surface area contributed by atoms with E-state index < -0.39 is 24.1 Å². The molecule has 0 unspecified atom stereocenters. The average Bonchev–Trinajstić information content (AvgIpc) is 2.60. The number of fused-ring (bicyclic) bond motifs is 3. The zero-order chi connectivity index (χ0) is 18.9. The Hall–Kier alpha value is -2.67. The van der Waals surface area contributed by atoms with Crippen molar-refractivity contribution in [2.24, 2.45) is 5.73 Å². The third-order valence-electron chi connectivity index (χ3n) is 4.26. The molecule has 0 saturated carbocycles. The zero-order valence-electron chi connectivity index (χ0n) is 14.0. The normalized spacial score (nSPS) is 14.3. The van der Waals surface area contributed by atoms with Crippen LogP contribution in [0.25, 0.3) is 21.7 Å². The second-order valence-electron chi connectivity index (χ2n) is 6.02. The number of aromatic nitrogens is 1. The summed E-state index contributed by atoms with van der Waals surface area (Å²) >= 11 is 0. The fraction of sp³-hybridized carbons (Fsp3) is 0.263. The Labute approximate surface area is 147 Å². The highest BCUT2D eigenvalue weighted by Gasteiger charge is 2.59. The van der Waals surface area contributed by atoms with Crippen LogP contribution in [-0.4, -0.2) is 29.3 Å². The molecular weight excluding hydrogens is 345 g/mol. The number of hydrogen-bond acceptors (Lipinski definition) is 4. The molecule has 4 nitrogen and oxygen atoms in total. The third-order valence-corrected chi connectivity index (χ3v) is 4.26. The molecule has 0 bridgehead atoms. The van der Waals surface area contributed by atoms with Crippen LogP contribution in [0.15, 0.2) is 48.5 Å². The van der Waals surface area contributed by atoms with Crippen LogP contribution in [-0.2, 0) is 16.0 Å². The standard InChI is InChI=1S/C19H17F3N2O2/c1-2-26-17(25)18(23,19(20,21)22)11-13-8-9-15-14-6-4-3-5-12(14)7-10-16(15)24-13/h3-10H,2,11,23H2,1H3/t18-/m0/s1. The average molecular weight is 362 g/mol. The van der Waals surface area contributed by atoms with Gasteiger partial charge in [0.1, 0.15) is 0 Å². The van der Waals surface area contributed by atoms with Gasteiger partial charge < -0.3 is 10.5 Å². The summed E-state index contributed by atoms with van der Waals surface area (Å²) in [6, 6.07) is 14.4. The van der Waals surface area contributed by atoms with Crippen molar-refractivity contribution in [3.05, 3.63) is 54.2 Å². The number of nitrogens with zero attached hydrogens (tertiary/aromatic N) is 1. The van der Waals surface area contributed by atoms with E-state index in [2.05, 4.69) is 9.72 Å². The fourth-order valence-corrected chi connectivity index (χ4v) is 2.86. The van der Waals surface area contributed by atoms with Gasteiger partial charge >= 0.3 is 12.1 Å². The van der Waals surface area contributed by atoms with Gasteiger partial charge in [-0.2, -0.15) is 13.2 Å². The Morgan fingerprint density at radius 2 is 1.81 bits per heavy atom. The first-order chi connectivity index (χ1) is 12.3. The summed E-state index contributed by atoms with van der Waals surface area (Å²) in [6.07, 6.45) is -5.75. The van der Waals surface area contributed by atoms with E-state index in [1.54, 1.807) is 12.1 Å². The van der Waals surface area contributed by atoms with E-state index >= 15 is 0 Å². The van der Waals surface area contributed by atoms with E-state index in [1.807, 2.05) is 30.3 Å². The van der Waals surface area contributed by atoms with Crippen molar-refractivity contribution in [3.63, 3.8) is 0 Å². The van der Waals surface area contributed by atoms with Gasteiger partial charge in [0.05, 0.1) is 12.1 Å². The molecule has 0 aliphatic heterocycles. The molecule has 3 rings (SSSR count). The summed E-state index contributed by atoms with van der Waals surface area (Å²) in [6.45, 7) is 1.24. The fourth-order valence-electron chi connectivity index (χ4n) is 2.86. The van der Waals surface area contributed by atoms with Crippen LogP contribution in [0.2, 0.25) is 0 Å². The number of hydrogen-bond donors (Lipinski definition) is 1. The Kier molecular flexibility index (Phi) is 4.58. The van der Waals surface area contributed by atoms with Gasteiger partial charge in [-0.25, -0.2) is 4.79 Å². The largest absolute Gasteiger partial charge is 0.464 e. The molecule has 1 atom stereocenters. The molecule has 0 radical (unpaired) electrons. The van der Waals surface area contributed by atoms with E-state index in [0.29, 0.717) is 5.52 Å². The van der Waals surface area contributed by atoms with Gasteiger partial charge in [-0.3, -0.25) is 4.98 Å². The van der Waals surface area contributed by atoms with Crippen LogP contribution in [0.5, 0.6) is 0 Å². The molecule has 1 heterocycles. The van der Waals surface area contributed by atoms with Gasteiger partial charge in [0.2, 0.25) is 5.54 Å². The highest BCUT2D eigenvalue weighted by Crippen LogP contribution is 2.33. The molecule has 0 saturated heterocycles. The maximum atomic E-state index is 13.4. The van der Waals surface area contributed by atoms with Crippen molar-refractivity contribution < 1.29 is 22.7 Å². The van der Waals surface area contributed by atoms with E-state index in [-0.39, 0.29) is 12.3 Å². The number of benzene rings is 2. The number of esters is 1. The van der Waals surface area contributed by atoms with Gasteiger partial charge in [0, 0.05) is 17.5 Å².